The molecule has 0 unspecified atom stereocenters. The summed E-state index contributed by atoms with van der Waals surface area (Å²) in [5, 5.41) is 4.11. The van der Waals surface area contributed by atoms with Gasteiger partial charge in [0.15, 0.2) is 5.13 Å². The normalized spacial score (nSPS) is 15.2. The van der Waals surface area contributed by atoms with Gasteiger partial charge in [-0.15, -0.1) is 0 Å². The van der Waals surface area contributed by atoms with Crippen molar-refractivity contribution < 1.29 is 4.79 Å². The third kappa shape index (κ3) is 4.18. The summed E-state index contributed by atoms with van der Waals surface area (Å²) < 4.78 is 1.11. The number of nitrogens with one attached hydrogen (secondary N) is 1. The average Bonchev–Trinajstić information content (AvgIpc) is 3.08. The van der Waals surface area contributed by atoms with Crippen LogP contribution in [0.15, 0.2) is 36.4 Å². The molecule has 2 aromatic carbocycles. The fourth-order valence-corrected chi connectivity index (χ4v) is 4.60. The summed E-state index contributed by atoms with van der Waals surface area (Å²) in [7, 11) is 2.16. The van der Waals surface area contributed by atoms with E-state index in [1.807, 2.05) is 24.3 Å². The molecule has 3 aromatic rings. The third-order valence-corrected chi connectivity index (χ3v) is 6.36. The van der Waals surface area contributed by atoms with E-state index >= 15 is 0 Å². The Balaban J connectivity index is 1.46. The van der Waals surface area contributed by atoms with Crippen LogP contribution in [0.4, 0.5) is 10.8 Å². The molecule has 1 aliphatic heterocycles. The maximum Gasteiger partial charge on any atom is 0.228 e. The van der Waals surface area contributed by atoms with Gasteiger partial charge in [0.1, 0.15) is 0 Å². The smallest absolute Gasteiger partial charge is 0.228 e. The number of thiazole rings is 1. The minimum atomic E-state index is 0.00936. The molecule has 1 amide bonds. The van der Waals surface area contributed by atoms with Crippen LogP contribution in [0.3, 0.4) is 0 Å². The highest BCUT2D eigenvalue weighted by Crippen LogP contribution is 2.31. The van der Waals surface area contributed by atoms with E-state index in [0.717, 1.165) is 58.3 Å². The molecule has 5 nitrogen and oxygen atoms in total. The summed E-state index contributed by atoms with van der Waals surface area (Å²) >= 11 is 1.70. The lowest BCUT2D eigenvalue weighted by molar-refractivity contribution is -0.115. The number of piperazine rings is 1. The molecule has 0 spiro atoms. The van der Waals surface area contributed by atoms with Crippen molar-refractivity contribution in [1.29, 1.82) is 0 Å². The van der Waals surface area contributed by atoms with E-state index in [0.29, 0.717) is 6.42 Å². The van der Waals surface area contributed by atoms with E-state index in [2.05, 4.69) is 48.1 Å². The fraction of sp³-hybridized carbons (Fsp3) is 0.364. The van der Waals surface area contributed by atoms with Crippen molar-refractivity contribution in [3.8, 4) is 0 Å². The molecule has 28 heavy (non-hydrogen) atoms. The molecule has 146 valence electrons. The fourth-order valence-electron chi connectivity index (χ4n) is 3.55. The number of likely N-dealkylation sites (N-methyl/N-ethyl adjacent to an activating group) is 1. The summed E-state index contributed by atoms with van der Waals surface area (Å²) in [5.74, 6) is 0.00936. The standard InChI is InChI=1S/C22H26N4OS/c1-15-4-5-17(16(2)12-15)13-21(27)23-18-6-7-19-20(14-18)28-22(24-19)26-10-8-25(3)9-11-26/h4-7,12,14H,8-11,13H2,1-3H3,(H,23,27). The molecule has 1 aliphatic rings. The molecule has 0 saturated carbocycles. The third-order valence-electron chi connectivity index (χ3n) is 5.28. The van der Waals surface area contributed by atoms with Crippen molar-refractivity contribution in [2.24, 2.45) is 0 Å². The Labute approximate surface area is 170 Å². The highest BCUT2D eigenvalue weighted by Gasteiger charge is 2.18. The first-order valence-electron chi connectivity index (χ1n) is 9.68. The largest absolute Gasteiger partial charge is 0.345 e. The van der Waals surface area contributed by atoms with Crippen molar-refractivity contribution in [1.82, 2.24) is 9.88 Å². The van der Waals surface area contributed by atoms with E-state index in [4.69, 9.17) is 4.98 Å². The van der Waals surface area contributed by atoms with Gasteiger partial charge < -0.3 is 15.1 Å². The lowest BCUT2D eigenvalue weighted by Crippen LogP contribution is -2.44. The lowest BCUT2D eigenvalue weighted by atomic mass is 10.0. The van der Waals surface area contributed by atoms with E-state index < -0.39 is 0 Å². The highest BCUT2D eigenvalue weighted by atomic mass is 32.1. The Morgan fingerprint density at radius 2 is 1.89 bits per heavy atom. The molecule has 4 rings (SSSR count). The Hall–Kier alpha value is -2.44. The first-order chi connectivity index (χ1) is 13.5. The number of fused-ring (bicyclic) bond motifs is 1. The molecule has 2 heterocycles. The van der Waals surface area contributed by atoms with Crippen LogP contribution in [0.1, 0.15) is 16.7 Å². The molecular weight excluding hydrogens is 368 g/mol. The van der Waals surface area contributed by atoms with Crippen LogP contribution < -0.4 is 10.2 Å². The van der Waals surface area contributed by atoms with Gasteiger partial charge in [-0.2, -0.15) is 0 Å². The number of amides is 1. The Bertz CT molecular complexity index is 1000. The number of aromatic nitrogens is 1. The van der Waals surface area contributed by atoms with Crippen LogP contribution in [0, 0.1) is 13.8 Å². The summed E-state index contributed by atoms with van der Waals surface area (Å²) in [6.07, 6.45) is 0.388. The van der Waals surface area contributed by atoms with Gasteiger partial charge in [0.25, 0.3) is 0 Å². The number of rotatable bonds is 4. The molecule has 0 aliphatic carbocycles. The molecule has 0 radical (unpaired) electrons. The lowest BCUT2D eigenvalue weighted by Gasteiger charge is -2.31. The van der Waals surface area contributed by atoms with Gasteiger partial charge in [0, 0.05) is 31.9 Å². The Morgan fingerprint density at radius 1 is 1.11 bits per heavy atom. The van der Waals surface area contributed by atoms with Crippen LogP contribution >= 0.6 is 11.3 Å². The zero-order chi connectivity index (χ0) is 19.7. The predicted octanol–water partition coefficient (Wildman–Crippen LogP) is 3.85. The number of hydrogen-bond donors (Lipinski definition) is 1. The number of nitrogens with zero attached hydrogens (tertiary/aromatic N) is 3. The zero-order valence-corrected chi connectivity index (χ0v) is 17.5. The number of anilines is 2. The Morgan fingerprint density at radius 3 is 2.64 bits per heavy atom. The van der Waals surface area contributed by atoms with Gasteiger partial charge in [-0.25, -0.2) is 4.98 Å². The van der Waals surface area contributed by atoms with Crippen LogP contribution in [-0.4, -0.2) is 49.0 Å². The number of carbonyl (C=O) groups is 1. The van der Waals surface area contributed by atoms with E-state index in [1.165, 1.54) is 5.56 Å². The molecule has 1 aromatic heterocycles. The van der Waals surface area contributed by atoms with Gasteiger partial charge in [-0.3, -0.25) is 4.79 Å². The van der Waals surface area contributed by atoms with Crippen LogP contribution in [-0.2, 0) is 11.2 Å². The number of benzene rings is 2. The molecule has 1 N–H and O–H groups in total. The predicted molar refractivity (Wildman–Crippen MR) is 118 cm³/mol. The second-order valence-electron chi connectivity index (χ2n) is 7.62. The highest BCUT2D eigenvalue weighted by molar-refractivity contribution is 7.22. The Kier molecular flexibility index (Phi) is 5.33. The first-order valence-corrected chi connectivity index (χ1v) is 10.5. The van der Waals surface area contributed by atoms with Crippen molar-refractivity contribution in [2.45, 2.75) is 20.3 Å². The average molecular weight is 395 g/mol. The van der Waals surface area contributed by atoms with E-state index in [-0.39, 0.29) is 5.91 Å². The topological polar surface area (TPSA) is 48.5 Å². The molecule has 0 atom stereocenters. The minimum Gasteiger partial charge on any atom is -0.345 e. The van der Waals surface area contributed by atoms with Crippen molar-refractivity contribution >= 4 is 38.3 Å². The van der Waals surface area contributed by atoms with Gasteiger partial charge in [-0.1, -0.05) is 35.1 Å². The molecular formula is C22H26N4OS. The summed E-state index contributed by atoms with van der Waals surface area (Å²) in [6.45, 7) is 8.27. The SMILES string of the molecule is Cc1ccc(CC(=O)Nc2ccc3nc(N4CCN(C)CC4)sc3c2)c(C)c1. The van der Waals surface area contributed by atoms with Gasteiger partial charge in [-0.05, 0) is 50.2 Å². The molecule has 1 fully saturated rings. The van der Waals surface area contributed by atoms with Crippen LogP contribution in [0.2, 0.25) is 0 Å². The van der Waals surface area contributed by atoms with Crippen LogP contribution in [0.5, 0.6) is 0 Å². The maximum absolute atomic E-state index is 12.5. The monoisotopic (exact) mass is 394 g/mol. The van der Waals surface area contributed by atoms with E-state index in [1.54, 1.807) is 11.3 Å². The quantitative estimate of drug-likeness (QED) is 0.730. The molecule has 0 bridgehead atoms. The van der Waals surface area contributed by atoms with Crippen molar-refractivity contribution in [3.63, 3.8) is 0 Å². The van der Waals surface area contributed by atoms with Crippen molar-refractivity contribution in [3.05, 3.63) is 53.1 Å². The first kappa shape index (κ1) is 18.9. The molecule has 6 heteroatoms. The van der Waals surface area contributed by atoms with Gasteiger partial charge in [0.2, 0.25) is 5.91 Å². The van der Waals surface area contributed by atoms with Crippen molar-refractivity contribution in [2.75, 3.05) is 43.4 Å². The number of aryl methyl sites for hydroxylation is 2. The summed E-state index contributed by atoms with van der Waals surface area (Å²) in [4.78, 5) is 22.0. The second-order valence-corrected chi connectivity index (χ2v) is 8.63. The number of carbonyl (C=O) groups excluding carboxylic acids is 1. The van der Waals surface area contributed by atoms with E-state index in [9.17, 15) is 4.79 Å². The second kappa shape index (κ2) is 7.89. The van der Waals surface area contributed by atoms with Gasteiger partial charge >= 0.3 is 0 Å². The molecule has 1 saturated heterocycles. The summed E-state index contributed by atoms with van der Waals surface area (Å²) in [5.41, 5.74) is 5.26. The number of hydrogen-bond acceptors (Lipinski definition) is 5. The zero-order valence-electron chi connectivity index (χ0n) is 16.7. The van der Waals surface area contributed by atoms with Crippen LogP contribution in [0.25, 0.3) is 10.2 Å². The minimum absolute atomic E-state index is 0.00936. The van der Waals surface area contributed by atoms with Gasteiger partial charge in [0.05, 0.1) is 16.6 Å². The summed E-state index contributed by atoms with van der Waals surface area (Å²) in [6, 6.07) is 12.2. The maximum atomic E-state index is 12.5.